The lowest BCUT2D eigenvalue weighted by molar-refractivity contribution is 0.273. The summed E-state index contributed by atoms with van der Waals surface area (Å²) >= 11 is 1.27. The maximum atomic E-state index is 14.7. The standard InChI is InChI=1S/C19H21FN4OS/c1-26-19-22-17(15(11-21)18(25)23-19)13-6-7-14(16(20)10-13)12-24-8-4-2-3-5-9-24/h6-7,10H,2-5,8-9,12H2,1H3,(H,22,23,25). The average molecular weight is 372 g/mol. The van der Waals surface area contributed by atoms with Crippen LogP contribution < -0.4 is 5.56 Å². The molecule has 0 atom stereocenters. The summed E-state index contributed by atoms with van der Waals surface area (Å²) < 4.78 is 14.7. The van der Waals surface area contributed by atoms with Crippen LogP contribution in [-0.4, -0.2) is 34.2 Å². The molecule has 136 valence electrons. The Morgan fingerprint density at radius 2 is 2.04 bits per heavy atom. The summed E-state index contributed by atoms with van der Waals surface area (Å²) in [7, 11) is 0. The van der Waals surface area contributed by atoms with Crippen LogP contribution in [0.4, 0.5) is 4.39 Å². The number of nitrogens with one attached hydrogen (secondary N) is 1. The van der Waals surface area contributed by atoms with E-state index in [1.807, 2.05) is 6.07 Å². The molecule has 2 heterocycles. The van der Waals surface area contributed by atoms with Crippen LogP contribution in [0, 0.1) is 17.1 Å². The molecule has 2 aromatic rings. The first-order chi connectivity index (χ1) is 12.6. The zero-order valence-corrected chi connectivity index (χ0v) is 15.5. The van der Waals surface area contributed by atoms with E-state index in [0.29, 0.717) is 22.8 Å². The van der Waals surface area contributed by atoms with Crippen molar-refractivity contribution in [2.45, 2.75) is 37.4 Å². The summed E-state index contributed by atoms with van der Waals surface area (Å²) in [5.74, 6) is -0.330. The van der Waals surface area contributed by atoms with Gasteiger partial charge in [0.15, 0.2) is 5.16 Å². The number of aromatic amines is 1. The molecule has 1 aromatic carbocycles. The normalized spacial score (nSPS) is 15.4. The highest BCUT2D eigenvalue weighted by molar-refractivity contribution is 7.98. The first-order valence-corrected chi connectivity index (χ1v) is 9.94. The molecule has 0 unspecified atom stereocenters. The van der Waals surface area contributed by atoms with E-state index in [-0.39, 0.29) is 17.1 Å². The molecule has 0 spiro atoms. The van der Waals surface area contributed by atoms with E-state index < -0.39 is 5.56 Å². The number of nitrogens with zero attached hydrogens (tertiary/aromatic N) is 3. The average Bonchev–Trinajstić information content (AvgIpc) is 2.91. The molecule has 0 saturated carbocycles. The van der Waals surface area contributed by atoms with E-state index in [9.17, 15) is 14.4 Å². The van der Waals surface area contributed by atoms with Gasteiger partial charge in [0.25, 0.3) is 5.56 Å². The number of thioether (sulfide) groups is 1. The molecule has 1 aliphatic rings. The number of hydrogen-bond acceptors (Lipinski definition) is 5. The molecule has 1 N–H and O–H groups in total. The SMILES string of the molecule is CSc1nc(-c2ccc(CN3CCCCCC3)c(F)c2)c(C#N)c(=O)[nH]1. The maximum absolute atomic E-state index is 14.7. The van der Waals surface area contributed by atoms with Crippen molar-refractivity contribution >= 4 is 11.8 Å². The highest BCUT2D eigenvalue weighted by Crippen LogP contribution is 2.24. The molecule has 7 heteroatoms. The molecule has 0 aliphatic carbocycles. The Bertz CT molecular complexity index is 882. The molecule has 0 amide bonds. The highest BCUT2D eigenvalue weighted by Gasteiger charge is 2.16. The van der Waals surface area contributed by atoms with Crippen LogP contribution >= 0.6 is 11.8 Å². The molecule has 26 heavy (non-hydrogen) atoms. The second-order valence-electron chi connectivity index (χ2n) is 6.41. The van der Waals surface area contributed by atoms with Gasteiger partial charge in [0.2, 0.25) is 0 Å². The van der Waals surface area contributed by atoms with Gasteiger partial charge in [-0.1, -0.05) is 36.7 Å². The van der Waals surface area contributed by atoms with Gasteiger partial charge in [-0.3, -0.25) is 9.69 Å². The van der Waals surface area contributed by atoms with Crippen LogP contribution in [-0.2, 0) is 6.54 Å². The van der Waals surface area contributed by atoms with Gasteiger partial charge in [-0.2, -0.15) is 5.26 Å². The van der Waals surface area contributed by atoms with Crippen LogP contribution in [0.3, 0.4) is 0 Å². The van der Waals surface area contributed by atoms with Gasteiger partial charge in [0.1, 0.15) is 17.4 Å². The fourth-order valence-corrected chi connectivity index (χ4v) is 3.60. The van der Waals surface area contributed by atoms with E-state index in [1.54, 1.807) is 18.4 Å². The van der Waals surface area contributed by atoms with Gasteiger partial charge in [0, 0.05) is 17.7 Å². The number of aromatic nitrogens is 2. The van der Waals surface area contributed by atoms with Crippen LogP contribution in [0.25, 0.3) is 11.3 Å². The van der Waals surface area contributed by atoms with Crippen molar-refractivity contribution in [3.05, 3.63) is 45.5 Å². The second-order valence-corrected chi connectivity index (χ2v) is 7.20. The lowest BCUT2D eigenvalue weighted by atomic mass is 10.0. The summed E-state index contributed by atoms with van der Waals surface area (Å²) in [6, 6.07) is 6.72. The summed E-state index contributed by atoms with van der Waals surface area (Å²) in [4.78, 5) is 21.2. The van der Waals surface area contributed by atoms with Crippen molar-refractivity contribution in [3.63, 3.8) is 0 Å². The van der Waals surface area contributed by atoms with Gasteiger partial charge in [-0.15, -0.1) is 0 Å². The monoisotopic (exact) mass is 372 g/mol. The summed E-state index contributed by atoms with van der Waals surface area (Å²) in [6.07, 6.45) is 6.56. The Morgan fingerprint density at radius 1 is 1.31 bits per heavy atom. The van der Waals surface area contributed by atoms with E-state index in [1.165, 1.54) is 30.7 Å². The zero-order chi connectivity index (χ0) is 18.5. The highest BCUT2D eigenvalue weighted by atomic mass is 32.2. The molecule has 1 saturated heterocycles. The van der Waals surface area contributed by atoms with Gasteiger partial charge in [-0.05, 0) is 38.3 Å². The topological polar surface area (TPSA) is 72.8 Å². The molecule has 1 aliphatic heterocycles. The molecular formula is C19H21FN4OS. The maximum Gasteiger partial charge on any atom is 0.270 e. The van der Waals surface area contributed by atoms with E-state index in [0.717, 1.165) is 25.9 Å². The Balaban J connectivity index is 1.91. The third-order valence-electron chi connectivity index (χ3n) is 4.62. The molecule has 3 rings (SSSR count). The Labute approximate surface area is 156 Å². The predicted octanol–water partition coefficient (Wildman–Crippen LogP) is 3.55. The molecule has 0 bridgehead atoms. The molecule has 0 radical (unpaired) electrons. The van der Waals surface area contributed by atoms with Crippen molar-refractivity contribution in [2.75, 3.05) is 19.3 Å². The van der Waals surface area contributed by atoms with E-state index in [2.05, 4.69) is 14.9 Å². The van der Waals surface area contributed by atoms with Crippen LogP contribution in [0.1, 0.15) is 36.8 Å². The number of halogens is 1. The minimum Gasteiger partial charge on any atom is -0.300 e. The number of H-pyrrole nitrogens is 1. The number of rotatable bonds is 4. The molecule has 1 fully saturated rings. The Kier molecular flexibility index (Phi) is 6.07. The van der Waals surface area contributed by atoms with Gasteiger partial charge in [0.05, 0.1) is 5.69 Å². The lowest BCUT2D eigenvalue weighted by Crippen LogP contribution is -2.24. The number of benzene rings is 1. The van der Waals surface area contributed by atoms with Crippen molar-refractivity contribution in [1.82, 2.24) is 14.9 Å². The fraction of sp³-hybridized carbons (Fsp3) is 0.421. The first kappa shape index (κ1) is 18.6. The smallest absolute Gasteiger partial charge is 0.270 e. The van der Waals surface area contributed by atoms with Gasteiger partial charge >= 0.3 is 0 Å². The minimum atomic E-state index is -0.504. The van der Waals surface area contributed by atoms with Crippen molar-refractivity contribution in [3.8, 4) is 17.3 Å². The molecule has 5 nitrogen and oxygen atoms in total. The van der Waals surface area contributed by atoms with E-state index in [4.69, 9.17) is 0 Å². The molecule has 1 aromatic heterocycles. The largest absolute Gasteiger partial charge is 0.300 e. The van der Waals surface area contributed by atoms with Crippen LogP contribution in [0.15, 0.2) is 28.2 Å². The number of likely N-dealkylation sites (tertiary alicyclic amines) is 1. The molecular weight excluding hydrogens is 351 g/mol. The zero-order valence-electron chi connectivity index (χ0n) is 14.7. The van der Waals surface area contributed by atoms with Crippen molar-refractivity contribution in [1.29, 1.82) is 5.26 Å². The number of hydrogen-bond donors (Lipinski definition) is 1. The number of nitriles is 1. The van der Waals surface area contributed by atoms with Gasteiger partial charge < -0.3 is 4.98 Å². The fourth-order valence-electron chi connectivity index (χ4n) is 3.22. The van der Waals surface area contributed by atoms with Crippen LogP contribution in [0.2, 0.25) is 0 Å². The van der Waals surface area contributed by atoms with Crippen molar-refractivity contribution < 1.29 is 4.39 Å². The van der Waals surface area contributed by atoms with Gasteiger partial charge in [-0.25, -0.2) is 9.37 Å². The van der Waals surface area contributed by atoms with Crippen LogP contribution in [0.5, 0.6) is 0 Å². The first-order valence-electron chi connectivity index (χ1n) is 8.72. The predicted molar refractivity (Wildman–Crippen MR) is 100 cm³/mol. The quantitative estimate of drug-likeness (QED) is 0.656. The Hall–Kier alpha value is -2.17. The Morgan fingerprint density at radius 3 is 2.65 bits per heavy atom. The summed E-state index contributed by atoms with van der Waals surface area (Å²) in [6.45, 7) is 2.56. The second kappa shape index (κ2) is 8.47. The summed E-state index contributed by atoms with van der Waals surface area (Å²) in [5.41, 5.74) is 0.698. The summed E-state index contributed by atoms with van der Waals surface area (Å²) in [5, 5.41) is 9.67. The third kappa shape index (κ3) is 4.14. The van der Waals surface area contributed by atoms with Crippen molar-refractivity contribution in [2.24, 2.45) is 0 Å². The van der Waals surface area contributed by atoms with E-state index >= 15 is 0 Å². The minimum absolute atomic E-state index is 0.0949. The third-order valence-corrected chi connectivity index (χ3v) is 5.20. The lowest BCUT2D eigenvalue weighted by Gasteiger charge is -2.20.